The molecule has 0 aliphatic rings. The van der Waals surface area contributed by atoms with Crippen molar-refractivity contribution in [3.8, 4) is 0 Å². The maximum Gasteiger partial charge on any atom is 0.317 e. The van der Waals surface area contributed by atoms with Gasteiger partial charge in [-0.25, -0.2) is 0 Å². The lowest BCUT2D eigenvalue weighted by Gasteiger charge is -2.45. The third-order valence-corrected chi connectivity index (χ3v) is 58.2. The summed E-state index contributed by atoms with van der Waals surface area (Å²) in [7, 11) is -31.7. The Morgan fingerprint density at radius 1 is 0.229 bits per heavy atom. The van der Waals surface area contributed by atoms with Crippen LogP contribution in [0, 0.1) is 0 Å². The van der Waals surface area contributed by atoms with E-state index in [0.29, 0.717) is 0 Å². The molecule has 1 unspecified atom stereocenters. The lowest BCUT2D eigenvalue weighted by atomic mass is 10.2. The molecule has 0 aliphatic heterocycles. The quantitative estimate of drug-likeness (QED) is 0.0576. The standard InChI is InChI=1S/C47H96O11Si12/c1-59(2,42-39-45-33-27-24-28-34-45)48-61(5,6)50-63(9,10)52-64(11,12)53-65(13,14)54-66(15,16)55-67(17,18)56-69(21,22)58-70(23,44-41-47-37-31-26-32-38-47)57-68(19,20)51-62(7,8)49-60(3,4)43-40-46-35-29-25-30-36-46/h24-38H,39-44H2,1-23H3. The van der Waals surface area contributed by atoms with Crippen molar-refractivity contribution in [3.63, 3.8) is 0 Å². The number of rotatable bonds is 31. The Hall–Kier alpha value is -0.177. The SMILES string of the molecule is C[Si](C)(CCc1ccccc1)O[Si](C)(C)O[Si](C)(C)O[Si](C)(C)O[Si](C)(C)O[Si](C)(C)O[Si](C)(C)O[Si](C)(C)O[Si](C)(CCc1ccccc1)O[Si](C)(C)O[Si](C)(C)O[Si](C)(C)CCc1ccccc1. The summed E-state index contributed by atoms with van der Waals surface area (Å²) >= 11 is 0. The summed E-state index contributed by atoms with van der Waals surface area (Å²) in [6, 6.07) is 34.7. The highest BCUT2D eigenvalue weighted by atomic mass is 28.5. The molecule has 0 radical (unpaired) electrons. The van der Waals surface area contributed by atoms with Gasteiger partial charge in [0.05, 0.1) is 0 Å². The molecule has 0 fully saturated rings. The first-order valence-electron chi connectivity index (χ1n) is 25.3. The topological polar surface area (TPSA) is 102 Å². The van der Waals surface area contributed by atoms with E-state index in [0.717, 1.165) is 37.4 Å². The molecule has 0 heterocycles. The molecule has 0 saturated heterocycles. The van der Waals surface area contributed by atoms with Crippen molar-refractivity contribution >= 4 is 102 Å². The van der Waals surface area contributed by atoms with Gasteiger partial charge in [-0.05, 0) is 205 Å². The van der Waals surface area contributed by atoms with Crippen LogP contribution in [0.1, 0.15) is 16.7 Å². The number of hydrogen-bond donors (Lipinski definition) is 0. The van der Waals surface area contributed by atoms with E-state index in [9.17, 15) is 0 Å². The number of aryl methyl sites for hydroxylation is 3. The fourth-order valence-electron chi connectivity index (χ4n) is 10.1. The van der Waals surface area contributed by atoms with Crippen LogP contribution in [0.4, 0.5) is 0 Å². The molecule has 3 aromatic carbocycles. The minimum absolute atomic E-state index is 0.758. The van der Waals surface area contributed by atoms with Crippen LogP contribution in [0.3, 0.4) is 0 Å². The van der Waals surface area contributed by atoms with Gasteiger partial charge in [-0.1, -0.05) is 91.0 Å². The molecule has 0 aromatic heterocycles. The van der Waals surface area contributed by atoms with E-state index in [1.54, 1.807) is 0 Å². The van der Waals surface area contributed by atoms with Crippen LogP contribution in [-0.4, -0.2) is 102 Å². The second-order valence-electron chi connectivity index (χ2n) is 24.3. The first-order valence-corrected chi connectivity index (χ1v) is 59.4. The smallest absolute Gasteiger partial charge is 0.317 e. The van der Waals surface area contributed by atoms with Crippen molar-refractivity contribution in [3.05, 3.63) is 108 Å². The molecule has 0 amide bonds. The largest absolute Gasteiger partial charge is 0.436 e. The Morgan fingerprint density at radius 3 is 0.643 bits per heavy atom. The molecule has 23 heteroatoms. The molecule has 398 valence electrons. The maximum atomic E-state index is 7.30. The van der Waals surface area contributed by atoms with Gasteiger partial charge in [-0.2, -0.15) is 0 Å². The van der Waals surface area contributed by atoms with Crippen molar-refractivity contribution in [1.29, 1.82) is 0 Å². The Balaban J connectivity index is 1.68. The first kappa shape index (κ1) is 64.1. The molecule has 0 N–H and O–H groups in total. The minimum atomic E-state index is -2.94. The molecular formula is C47H96O11Si12. The van der Waals surface area contributed by atoms with E-state index in [-0.39, 0.29) is 0 Å². The van der Waals surface area contributed by atoms with Gasteiger partial charge in [0, 0.05) is 0 Å². The van der Waals surface area contributed by atoms with Gasteiger partial charge in [-0.15, -0.1) is 0 Å². The molecule has 0 spiro atoms. The van der Waals surface area contributed by atoms with E-state index in [2.05, 4.69) is 242 Å². The van der Waals surface area contributed by atoms with Gasteiger partial charge in [0.15, 0.2) is 16.6 Å². The molecule has 3 rings (SSSR count). The normalized spacial score (nSPS) is 15.3. The van der Waals surface area contributed by atoms with Crippen molar-refractivity contribution in [2.45, 2.75) is 188 Å². The zero-order valence-electron chi connectivity index (χ0n) is 47.9. The van der Waals surface area contributed by atoms with Crippen LogP contribution >= 0.6 is 0 Å². The predicted molar refractivity (Wildman–Crippen MR) is 321 cm³/mol. The van der Waals surface area contributed by atoms with E-state index in [4.69, 9.17) is 45.3 Å². The molecule has 0 saturated carbocycles. The zero-order valence-corrected chi connectivity index (χ0v) is 59.9. The average molecular weight is 1170 g/mol. The second-order valence-corrected chi connectivity index (χ2v) is 69.3. The molecule has 70 heavy (non-hydrogen) atoms. The molecule has 3 aromatic rings. The Labute approximate surface area is 440 Å². The van der Waals surface area contributed by atoms with Gasteiger partial charge >= 0.3 is 85.6 Å². The van der Waals surface area contributed by atoms with Crippen molar-refractivity contribution < 1.29 is 45.3 Å². The van der Waals surface area contributed by atoms with Crippen LogP contribution in [0.5, 0.6) is 0 Å². The van der Waals surface area contributed by atoms with Gasteiger partial charge in [0.1, 0.15) is 0 Å². The average Bonchev–Trinajstić information content (AvgIpc) is 3.12. The highest BCUT2D eigenvalue weighted by Crippen LogP contribution is 2.34. The van der Waals surface area contributed by atoms with Crippen LogP contribution in [0.2, 0.25) is 169 Å². The zero-order chi connectivity index (χ0) is 53.4. The minimum Gasteiger partial charge on any atom is -0.436 e. The van der Waals surface area contributed by atoms with Crippen LogP contribution in [0.15, 0.2) is 91.0 Å². The molecule has 0 aliphatic carbocycles. The summed E-state index contributed by atoms with van der Waals surface area (Å²) in [5.74, 6) is 0. The van der Waals surface area contributed by atoms with Crippen molar-refractivity contribution in [2.24, 2.45) is 0 Å². The van der Waals surface area contributed by atoms with Gasteiger partial charge in [0.25, 0.3) is 0 Å². The van der Waals surface area contributed by atoms with Crippen molar-refractivity contribution in [1.82, 2.24) is 0 Å². The Kier molecular flexibility index (Phi) is 22.8. The first-order chi connectivity index (χ1) is 31.5. The third-order valence-electron chi connectivity index (χ3n) is 10.8. The fourth-order valence-corrected chi connectivity index (χ4v) is 71.8. The lowest BCUT2D eigenvalue weighted by molar-refractivity contribution is 0.251. The van der Waals surface area contributed by atoms with Crippen LogP contribution < -0.4 is 0 Å². The summed E-state index contributed by atoms with van der Waals surface area (Å²) in [6.45, 7) is 49.6. The van der Waals surface area contributed by atoms with Gasteiger partial charge < -0.3 is 45.3 Å². The lowest BCUT2D eigenvalue weighted by Crippen LogP contribution is -2.63. The van der Waals surface area contributed by atoms with Gasteiger partial charge in [-0.3, -0.25) is 0 Å². The van der Waals surface area contributed by atoms with Gasteiger partial charge in [0.2, 0.25) is 0 Å². The van der Waals surface area contributed by atoms with E-state index < -0.39 is 102 Å². The predicted octanol–water partition coefficient (Wildman–Crippen LogP) is 14.7. The molecule has 1 atom stereocenters. The van der Waals surface area contributed by atoms with E-state index in [1.165, 1.54) is 16.7 Å². The van der Waals surface area contributed by atoms with E-state index >= 15 is 0 Å². The molecule has 0 bridgehead atoms. The van der Waals surface area contributed by atoms with E-state index in [1.807, 2.05) is 0 Å². The van der Waals surface area contributed by atoms with Crippen molar-refractivity contribution in [2.75, 3.05) is 0 Å². The van der Waals surface area contributed by atoms with Crippen LogP contribution in [0.25, 0.3) is 0 Å². The summed E-state index contributed by atoms with van der Waals surface area (Å²) in [5.41, 5.74) is 3.93. The highest BCUT2D eigenvalue weighted by molar-refractivity contribution is 6.94. The highest BCUT2D eigenvalue weighted by Gasteiger charge is 2.52. The summed E-state index contributed by atoms with van der Waals surface area (Å²) in [6.07, 6.45) is 2.84. The summed E-state index contributed by atoms with van der Waals surface area (Å²) < 4.78 is 77.4. The second kappa shape index (κ2) is 24.9. The molecular weight excluding hydrogens is 1080 g/mol. The summed E-state index contributed by atoms with van der Waals surface area (Å²) in [5, 5.41) is 0. The van der Waals surface area contributed by atoms with Crippen LogP contribution in [-0.2, 0) is 64.5 Å². The monoisotopic (exact) mass is 1170 g/mol. The Bertz CT molecular complexity index is 2040. The fraction of sp³-hybridized carbons (Fsp3) is 0.617. The Morgan fingerprint density at radius 2 is 0.414 bits per heavy atom. The molecule has 11 nitrogen and oxygen atoms in total. The third kappa shape index (κ3) is 26.0. The summed E-state index contributed by atoms with van der Waals surface area (Å²) in [4.78, 5) is 0. The number of hydrogen-bond acceptors (Lipinski definition) is 11. The number of benzene rings is 3. The maximum absolute atomic E-state index is 7.30.